The van der Waals surface area contributed by atoms with Crippen LogP contribution in [0.4, 0.5) is 0 Å². The highest BCUT2D eigenvalue weighted by Crippen LogP contribution is 2.28. The lowest BCUT2D eigenvalue weighted by atomic mass is 10.1. The van der Waals surface area contributed by atoms with E-state index in [0.29, 0.717) is 0 Å². The summed E-state index contributed by atoms with van der Waals surface area (Å²) in [6, 6.07) is 1.10. The second-order valence-corrected chi connectivity index (χ2v) is 4.60. The van der Waals surface area contributed by atoms with Crippen molar-refractivity contribution in [2.45, 2.75) is 24.5 Å². The van der Waals surface area contributed by atoms with E-state index in [4.69, 9.17) is 15.2 Å². The van der Waals surface area contributed by atoms with E-state index in [1.165, 1.54) is 6.20 Å². The lowest BCUT2D eigenvalue weighted by Crippen LogP contribution is -2.37. The normalized spacial score (nSPS) is 29.3. The fourth-order valence-corrected chi connectivity index (χ4v) is 1.96. The molecule has 9 nitrogen and oxygen atoms in total. The van der Waals surface area contributed by atoms with Gasteiger partial charge in [-0.25, -0.2) is 4.79 Å². The SMILES string of the molecule is NC(=S)OC[C@H]1O[C@@H](n2ccc(=O)[nH]c2=O)[C@H](O)[C@@H]1O. The van der Waals surface area contributed by atoms with Gasteiger partial charge in [0.2, 0.25) is 0 Å². The molecule has 0 aromatic carbocycles. The highest BCUT2D eigenvalue weighted by molar-refractivity contribution is 7.80. The predicted octanol–water partition coefficient (Wildman–Crippen LogP) is -2.58. The monoisotopic (exact) mass is 303 g/mol. The summed E-state index contributed by atoms with van der Waals surface area (Å²) in [6.45, 7) is -0.165. The molecule has 5 N–H and O–H groups in total. The fraction of sp³-hybridized carbons (Fsp3) is 0.500. The van der Waals surface area contributed by atoms with Crippen molar-refractivity contribution in [1.82, 2.24) is 9.55 Å². The molecule has 4 atom stereocenters. The van der Waals surface area contributed by atoms with Gasteiger partial charge in [-0.3, -0.25) is 14.3 Å². The minimum absolute atomic E-state index is 0.165. The first-order chi connectivity index (χ1) is 9.40. The maximum absolute atomic E-state index is 11.6. The fourth-order valence-electron chi connectivity index (χ4n) is 1.89. The molecule has 1 aliphatic rings. The van der Waals surface area contributed by atoms with Crippen LogP contribution in [-0.2, 0) is 9.47 Å². The molecule has 1 fully saturated rings. The number of hydrogen-bond acceptors (Lipinski definition) is 7. The van der Waals surface area contributed by atoms with Gasteiger partial charge in [0.05, 0.1) is 0 Å². The molecule has 10 heteroatoms. The number of aromatic amines is 1. The maximum Gasteiger partial charge on any atom is 0.330 e. The number of aliphatic hydroxyl groups excluding tert-OH is 2. The summed E-state index contributed by atoms with van der Waals surface area (Å²) in [4.78, 5) is 24.6. The number of nitrogens with two attached hydrogens (primary N) is 1. The van der Waals surface area contributed by atoms with Crippen LogP contribution in [0.25, 0.3) is 0 Å². The molecule has 0 bridgehead atoms. The number of ether oxygens (including phenoxy) is 2. The quantitative estimate of drug-likeness (QED) is 0.446. The van der Waals surface area contributed by atoms with E-state index < -0.39 is 35.8 Å². The molecule has 0 spiro atoms. The van der Waals surface area contributed by atoms with E-state index in [-0.39, 0.29) is 11.8 Å². The zero-order chi connectivity index (χ0) is 14.9. The Morgan fingerprint density at radius 2 is 2.20 bits per heavy atom. The summed E-state index contributed by atoms with van der Waals surface area (Å²) in [6.07, 6.45) is -3.53. The first-order valence-electron chi connectivity index (χ1n) is 5.65. The largest absolute Gasteiger partial charge is 0.468 e. The van der Waals surface area contributed by atoms with Gasteiger partial charge in [-0.15, -0.1) is 0 Å². The van der Waals surface area contributed by atoms with Gasteiger partial charge in [0.1, 0.15) is 24.9 Å². The van der Waals surface area contributed by atoms with Gasteiger partial charge in [0.15, 0.2) is 6.23 Å². The minimum Gasteiger partial charge on any atom is -0.468 e. The molecule has 2 rings (SSSR count). The molecule has 0 aliphatic carbocycles. The number of rotatable bonds is 3. The summed E-state index contributed by atoms with van der Waals surface area (Å²) in [7, 11) is 0. The van der Waals surface area contributed by atoms with Gasteiger partial charge in [-0.05, 0) is 12.2 Å². The number of aliphatic hydroxyl groups is 2. The van der Waals surface area contributed by atoms with E-state index in [9.17, 15) is 19.8 Å². The second kappa shape index (κ2) is 5.71. The summed E-state index contributed by atoms with van der Waals surface area (Å²) >= 11 is 4.52. The van der Waals surface area contributed by atoms with Gasteiger partial charge in [-0.1, -0.05) is 0 Å². The van der Waals surface area contributed by atoms with Crippen LogP contribution in [0.1, 0.15) is 6.23 Å². The van der Waals surface area contributed by atoms with Crippen molar-refractivity contribution in [2.24, 2.45) is 5.73 Å². The molecule has 20 heavy (non-hydrogen) atoms. The van der Waals surface area contributed by atoms with Gasteiger partial charge < -0.3 is 25.4 Å². The molecule has 2 heterocycles. The molecule has 1 aliphatic heterocycles. The summed E-state index contributed by atoms with van der Waals surface area (Å²) in [5.74, 6) is 0. The number of hydrogen-bond donors (Lipinski definition) is 4. The average Bonchev–Trinajstić information content (AvgIpc) is 2.64. The van der Waals surface area contributed by atoms with Crippen LogP contribution < -0.4 is 17.0 Å². The van der Waals surface area contributed by atoms with E-state index in [0.717, 1.165) is 10.6 Å². The lowest BCUT2D eigenvalue weighted by Gasteiger charge is -2.16. The van der Waals surface area contributed by atoms with Crippen LogP contribution in [0.5, 0.6) is 0 Å². The van der Waals surface area contributed by atoms with Crippen molar-refractivity contribution >= 4 is 17.4 Å². The molecule has 0 amide bonds. The van der Waals surface area contributed by atoms with E-state index in [1.807, 2.05) is 4.98 Å². The molecule has 1 saturated heterocycles. The topological polar surface area (TPSA) is 140 Å². The van der Waals surface area contributed by atoms with E-state index in [2.05, 4.69) is 12.2 Å². The highest BCUT2D eigenvalue weighted by Gasteiger charge is 2.44. The molecule has 1 aromatic heterocycles. The second-order valence-electron chi connectivity index (χ2n) is 4.19. The van der Waals surface area contributed by atoms with E-state index in [1.54, 1.807) is 0 Å². The van der Waals surface area contributed by atoms with Gasteiger partial charge in [0, 0.05) is 12.3 Å². The molecular weight excluding hydrogens is 290 g/mol. The smallest absolute Gasteiger partial charge is 0.330 e. The van der Waals surface area contributed by atoms with Gasteiger partial charge in [0.25, 0.3) is 10.7 Å². The number of aromatic nitrogens is 2. The van der Waals surface area contributed by atoms with Crippen molar-refractivity contribution in [3.63, 3.8) is 0 Å². The Morgan fingerprint density at radius 3 is 2.80 bits per heavy atom. The van der Waals surface area contributed by atoms with Gasteiger partial charge >= 0.3 is 5.69 Å². The Hall–Kier alpha value is -1.75. The molecule has 110 valence electrons. The molecular formula is C10H13N3O6S. The number of nitrogens with one attached hydrogen (secondary N) is 1. The van der Waals surface area contributed by atoms with Gasteiger partial charge in [-0.2, -0.15) is 0 Å². The summed E-state index contributed by atoms with van der Waals surface area (Å²) < 4.78 is 11.2. The van der Waals surface area contributed by atoms with Crippen molar-refractivity contribution in [3.8, 4) is 0 Å². The zero-order valence-corrected chi connectivity index (χ0v) is 10.9. The number of H-pyrrole nitrogens is 1. The highest BCUT2D eigenvalue weighted by atomic mass is 32.1. The molecule has 1 aromatic rings. The first kappa shape index (κ1) is 14.7. The van der Waals surface area contributed by atoms with Crippen LogP contribution in [0, 0.1) is 0 Å². The third kappa shape index (κ3) is 2.88. The molecule has 0 radical (unpaired) electrons. The number of thiocarbonyl (C=S) groups is 1. The van der Waals surface area contributed by atoms with Crippen molar-refractivity contribution in [2.75, 3.05) is 6.61 Å². The van der Waals surface area contributed by atoms with E-state index >= 15 is 0 Å². The standard InChI is InChI=1S/C10H13N3O6S/c11-9(20)18-3-4-6(15)7(16)8(19-4)13-2-1-5(14)12-10(13)17/h1-2,4,6-8,15-16H,3H2,(H2,11,20)(H,12,14,17)/t4-,6-,7-,8-/m1/s1. The third-order valence-electron chi connectivity index (χ3n) is 2.85. The Labute approximate surface area is 117 Å². The van der Waals surface area contributed by atoms with Crippen molar-refractivity contribution < 1.29 is 19.7 Å². The van der Waals surface area contributed by atoms with Crippen LogP contribution >= 0.6 is 12.2 Å². The van der Waals surface area contributed by atoms with Crippen LogP contribution in [0.3, 0.4) is 0 Å². The van der Waals surface area contributed by atoms with Crippen LogP contribution in [0.15, 0.2) is 21.9 Å². The van der Waals surface area contributed by atoms with Crippen LogP contribution in [0.2, 0.25) is 0 Å². The van der Waals surface area contributed by atoms with Crippen molar-refractivity contribution in [3.05, 3.63) is 33.1 Å². The Kier molecular flexibility index (Phi) is 4.18. The predicted molar refractivity (Wildman–Crippen MR) is 70.0 cm³/mol. The Balaban J connectivity index is 2.19. The maximum atomic E-state index is 11.6. The molecule has 0 saturated carbocycles. The Bertz CT molecular complexity index is 614. The summed E-state index contributed by atoms with van der Waals surface area (Å²) in [5.41, 5.74) is 3.82. The Morgan fingerprint density at radius 1 is 1.50 bits per heavy atom. The summed E-state index contributed by atoms with van der Waals surface area (Å²) in [5, 5.41) is 19.5. The molecule has 0 unspecified atom stereocenters. The van der Waals surface area contributed by atoms with Crippen molar-refractivity contribution in [1.29, 1.82) is 0 Å². The lowest BCUT2D eigenvalue weighted by molar-refractivity contribution is -0.0528. The average molecular weight is 303 g/mol. The number of nitrogens with zero attached hydrogens (tertiary/aromatic N) is 1. The van der Waals surface area contributed by atoms with Crippen LogP contribution in [-0.4, -0.2) is 49.9 Å². The third-order valence-corrected chi connectivity index (χ3v) is 2.97. The minimum atomic E-state index is -1.36. The zero-order valence-electron chi connectivity index (χ0n) is 10.1. The first-order valence-corrected chi connectivity index (χ1v) is 6.06.